The number of carbonyl (C=O) groups excluding carboxylic acids is 4. The number of methoxy groups -OCH3 is 2. The molecular weight excluding hydrogens is 736 g/mol. The van der Waals surface area contributed by atoms with Gasteiger partial charge >= 0.3 is 23.9 Å². The van der Waals surface area contributed by atoms with Crippen LogP contribution in [0.2, 0.25) is 0 Å². The Morgan fingerprint density at radius 3 is 1.82 bits per heavy atom. The number of esters is 4. The highest BCUT2D eigenvalue weighted by Gasteiger charge is 2.62. The monoisotopic (exact) mass is 778 g/mol. The van der Waals surface area contributed by atoms with Gasteiger partial charge in [0, 0.05) is 26.0 Å². The van der Waals surface area contributed by atoms with Crippen LogP contribution < -0.4 is 9.47 Å². The summed E-state index contributed by atoms with van der Waals surface area (Å²) >= 11 is 0. The fourth-order valence-electron chi connectivity index (χ4n) is 5.69. The molecule has 0 unspecified atom stereocenters. The number of phenolic OH excluding ortho intramolecular Hbond substituents is 2. The minimum Gasteiger partial charge on any atom is -0.504 e. The van der Waals surface area contributed by atoms with Crippen LogP contribution in [-0.4, -0.2) is 143 Å². The van der Waals surface area contributed by atoms with E-state index in [9.17, 15) is 49.8 Å². The van der Waals surface area contributed by atoms with Gasteiger partial charge in [0.2, 0.25) is 5.79 Å². The molecule has 9 atom stereocenters. The zero-order chi connectivity index (χ0) is 40.4. The van der Waals surface area contributed by atoms with Crippen LogP contribution in [0.4, 0.5) is 0 Å². The molecule has 2 aromatic carbocycles. The summed E-state index contributed by atoms with van der Waals surface area (Å²) < 4.78 is 48.8. The van der Waals surface area contributed by atoms with Crippen molar-refractivity contribution in [3.63, 3.8) is 0 Å². The van der Waals surface area contributed by atoms with E-state index in [1.54, 1.807) is 0 Å². The van der Waals surface area contributed by atoms with Crippen molar-refractivity contribution in [1.82, 2.24) is 0 Å². The first-order valence-electron chi connectivity index (χ1n) is 16.6. The largest absolute Gasteiger partial charge is 0.504 e. The van der Waals surface area contributed by atoms with Crippen molar-refractivity contribution in [1.29, 1.82) is 0 Å². The van der Waals surface area contributed by atoms with E-state index in [2.05, 4.69) is 0 Å². The Balaban J connectivity index is 1.58. The Morgan fingerprint density at radius 2 is 1.31 bits per heavy atom. The maximum atomic E-state index is 13.1. The van der Waals surface area contributed by atoms with Gasteiger partial charge in [0.15, 0.2) is 47.6 Å². The second-order valence-electron chi connectivity index (χ2n) is 12.1. The van der Waals surface area contributed by atoms with Crippen LogP contribution in [-0.2, 0) is 52.3 Å². The smallest absolute Gasteiger partial charge is 0.331 e. The molecule has 19 nitrogen and oxygen atoms in total. The summed E-state index contributed by atoms with van der Waals surface area (Å²) in [5.41, 5.74) is 0.845. The van der Waals surface area contributed by atoms with Crippen LogP contribution in [0.25, 0.3) is 12.2 Å². The van der Waals surface area contributed by atoms with E-state index >= 15 is 0 Å². The summed E-state index contributed by atoms with van der Waals surface area (Å²) in [6.07, 6.45) is -9.52. The van der Waals surface area contributed by atoms with Gasteiger partial charge in [-0.05, 0) is 47.5 Å². The summed E-state index contributed by atoms with van der Waals surface area (Å²) in [7, 11) is 2.67. The van der Waals surface area contributed by atoms with Crippen LogP contribution in [0.3, 0.4) is 0 Å². The van der Waals surface area contributed by atoms with Gasteiger partial charge in [0.25, 0.3) is 0 Å². The van der Waals surface area contributed by atoms with E-state index in [1.165, 1.54) is 62.8 Å². The highest BCUT2D eigenvalue weighted by molar-refractivity contribution is 5.88. The molecule has 0 spiro atoms. The second-order valence-corrected chi connectivity index (χ2v) is 12.1. The highest BCUT2D eigenvalue weighted by Crippen LogP contribution is 2.40. The lowest BCUT2D eigenvalue weighted by Gasteiger charge is -2.44. The molecule has 0 aliphatic carbocycles. The topological polar surface area (TPSA) is 273 Å². The number of ether oxygens (including phenoxy) is 9. The van der Waals surface area contributed by atoms with Crippen LogP contribution >= 0.6 is 0 Å². The van der Waals surface area contributed by atoms with Crippen molar-refractivity contribution in [3.05, 3.63) is 59.7 Å². The van der Waals surface area contributed by atoms with Crippen LogP contribution in [0, 0.1) is 0 Å². The molecular formula is C36H42O19. The number of aliphatic hydroxyl groups is 4. The van der Waals surface area contributed by atoms with Crippen molar-refractivity contribution in [2.45, 2.75) is 68.7 Å². The zero-order valence-corrected chi connectivity index (χ0v) is 30.0. The van der Waals surface area contributed by atoms with Gasteiger partial charge in [-0.15, -0.1) is 0 Å². The van der Waals surface area contributed by atoms with Gasteiger partial charge in [-0.1, -0.05) is 12.1 Å². The maximum Gasteiger partial charge on any atom is 0.331 e. The van der Waals surface area contributed by atoms with E-state index in [4.69, 9.17) is 42.6 Å². The molecule has 2 aliphatic rings. The molecule has 2 fully saturated rings. The fraction of sp³-hybridized carbons (Fsp3) is 0.444. The summed E-state index contributed by atoms with van der Waals surface area (Å²) in [5, 5.41) is 62.6. The van der Waals surface area contributed by atoms with E-state index in [0.717, 1.165) is 26.0 Å². The van der Waals surface area contributed by atoms with Gasteiger partial charge in [-0.3, -0.25) is 9.59 Å². The number of rotatable bonds is 15. The Kier molecular flexibility index (Phi) is 14.6. The molecule has 2 aliphatic heterocycles. The Bertz CT molecular complexity index is 1740. The molecule has 0 amide bonds. The van der Waals surface area contributed by atoms with Gasteiger partial charge in [0.1, 0.15) is 37.6 Å². The van der Waals surface area contributed by atoms with Gasteiger partial charge in [-0.25, -0.2) is 9.59 Å². The number of benzene rings is 2. The first-order chi connectivity index (χ1) is 26.1. The normalized spacial score (nSPS) is 27.8. The molecule has 2 heterocycles. The van der Waals surface area contributed by atoms with Crippen molar-refractivity contribution >= 4 is 36.0 Å². The predicted molar refractivity (Wildman–Crippen MR) is 183 cm³/mol. The zero-order valence-electron chi connectivity index (χ0n) is 30.0. The third-order valence-corrected chi connectivity index (χ3v) is 8.27. The van der Waals surface area contributed by atoms with E-state index in [1.807, 2.05) is 0 Å². The van der Waals surface area contributed by atoms with E-state index in [0.29, 0.717) is 11.1 Å². The number of phenols is 2. The Hall–Kier alpha value is -5.28. The second kappa shape index (κ2) is 18.8. The molecule has 0 saturated carbocycles. The lowest BCUT2D eigenvalue weighted by atomic mass is 9.98. The molecule has 2 aromatic rings. The molecule has 2 saturated heterocycles. The lowest BCUT2D eigenvalue weighted by molar-refractivity contribution is -0.383. The van der Waals surface area contributed by atoms with Gasteiger partial charge in [0.05, 0.1) is 20.8 Å². The SMILES string of the molecule is COc1cc(/C=C/C(=O)OC[C@H]2O[C@H](O[C@]3(CO)O[C@H](CO)[C@@H](OC(C)=O)[C@@H]3OC(=O)/C=C/c3ccc(O)c(OC)c3)[C@H](O)[C@@H](O)[C@@H]2OC(C)=O)ccc1O. The number of aliphatic hydroxyl groups excluding tert-OH is 4. The minimum absolute atomic E-state index is 0.108. The third kappa shape index (κ3) is 10.5. The average molecular weight is 779 g/mol. The summed E-state index contributed by atoms with van der Waals surface area (Å²) in [6.45, 7) is -0.692. The summed E-state index contributed by atoms with van der Waals surface area (Å²) in [5.74, 6) is -6.40. The molecule has 19 heteroatoms. The fourth-order valence-corrected chi connectivity index (χ4v) is 5.69. The van der Waals surface area contributed by atoms with Crippen molar-refractivity contribution in [3.8, 4) is 23.0 Å². The molecule has 0 bridgehead atoms. The number of hydrogen-bond acceptors (Lipinski definition) is 19. The first-order valence-corrected chi connectivity index (χ1v) is 16.6. The molecule has 300 valence electrons. The molecule has 4 rings (SSSR count). The summed E-state index contributed by atoms with van der Waals surface area (Å²) in [6, 6.07) is 8.47. The van der Waals surface area contributed by atoms with Crippen molar-refractivity contribution < 1.29 is 92.4 Å². The van der Waals surface area contributed by atoms with Crippen LogP contribution in [0.1, 0.15) is 25.0 Å². The standard InChI is InChI=1S/C36H42O19/c1-18(39)50-32-27(16-49-28(43)11-7-20-5-9-22(41)24(13-20)47-3)52-35(31(46)30(32)45)55-36(17-38)34(33(51-19(2)40)26(15-37)54-36)53-29(44)12-8-21-6-10-23(42)25(14-21)48-4/h5-14,26-27,30-35,37-38,41-42,45-46H,15-17H2,1-4H3/b11-7+,12-8+/t26-,27-,30-,31-,32-,33-,34+,35-,36+/m1/s1. The van der Waals surface area contributed by atoms with E-state index in [-0.39, 0.29) is 23.0 Å². The quantitative estimate of drug-likeness (QED) is 0.0770. The Morgan fingerprint density at radius 1 is 0.764 bits per heavy atom. The van der Waals surface area contributed by atoms with Crippen molar-refractivity contribution in [2.24, 2.45) is 0 Å². The van der Waals surface area contributed by atoms with Gasteiger partial charge < -0.3 is 73.3 Å². The minimum atomic E-state index is -2.55. The maximum absolute atomic E-state index is 13.1. The molecule has 0 aromatic heterocycles. The van der Waals surface area contributed by atoms with E-state index < -0.39 is 98.5 Å². The number of aromatic hydroxyl groups is 2. The first kappa shape index (κ1) is 42.5. The molecule has 0 radical (unpaired) electrons. The lowest BCUT2D eigenvalue weighted by Crippen LogP contribution is -2.64. The van der Waals surface area contributed by atoms with Crippen molar-refractivity contribution in [2.75, 3.05) is 34.0 Å². The average Bonchev–Trinajstić information content (AvgIpc) is 3.43. The van der Waals surface area contributed by atoms with Crippen LogP contribution in [0.5, 0.6) is 23.0 Å². The van der Waals surface area contributed by atoms with Gasteiger partial charge in [-0.2, -0.15) is 0 Å². The Labute approximate surface area is 313 Å². The molecule has 55 heavy (non-hydrogen) atoms. The third-order valence-electron chi connectivity index (χ3n) is 8.27. The number of carbonyl (C=O) groups is 4. The predicted octanol–water partition coefficient (Wildman–Crippen LogP) is -0.297. The highest BCUT2D eigenvalue weighted by atomic mass is 16.8. The molecule has 6 N–H and O–H groups in total. The number of hydrogen-bond donors (Lipinski definition) is 6. The van der Waals surface area contributed by atoms with Crippen LogP contribution in [0.15, 0.2) is 48.6 Å². The summed E-state index contributed by atoms with van der Waals surface area (Å²) in [4.78, 5) is 49.8.